The van der Waals surface area contributed by atoms with Crippen LogP contribution in [0.3, 0.4) is 0 Å². The first-order chi connectivity index (χ1) is 13.4. The molecule has 2 aromatic rings. The fraction of sp³-hybridized carbons (Fsp3) is 0.238. The zero-order valence-electron chi connectivity index (χ0n) is 15.2. The Balaban J connectivity index is 1.50. The van der Waals surface area contributed by atoms with Gasteiger partial charge in [-0.25, -0.2) is 9.18 Å². The van der Waals surface area contributed by atoms with Crippen molar-refractivity contribution in [1.82, 2.24) is 4.90 Å². The van der Waals surface area contributed by atoms with Crippen molar-refractivity contribution in [3.63, 3.8) is 0 Å². The summed E-state index contributed by atoms with van der Waals surface area (Å²) in [6, 6.07) is 10.5. The molecular formula is C21H18FNO5. The normalized spacial score (nSPS) is 14.0. The lowest BCUT2D eigenvalue weighted by Crippen LogP contribution is -2.43. The molecule has 28 heavy (non-hydrogen) atoms. The number of Topliss-reactive ketones (excluding diaryl/α,β-unsaturated/α-hetero) is 1. The standard InChI is InChI=1S/C21H18FNO5/c1-13(23-19(25)16-5-2-3-6-17(16)20(23)26)21(27)28-12-4-7-18(24)14-8-10-15(22)11-9-14/h2-3,5-6,8-11,13H,4,7,12H2,1H3/t13-/m1/s1. The lowest BCUT2D eigenvalue weighted by Gasteiger charge is -2.20. The Morgan fingerprint density at radius 3 is 2.14 bits per heavy atom. The van der Waals surface area contributed by atoms with Crippen LogP contribution in [0, 0.1) is 5.82 Å². The maximum atomic E-state index is 12.9. The SMILES string of the molecule is C[C@H](C(=O)OCCCC(=O)c1ccc(F)cc1)N1C(=O)c2ccccc2C1=O. The molecule has 1 aliphatic rings. The molecule has 144 valence electrons. The third-order valence-corrected chi connectivity index (χ3v) is 4.51. The van der Waals surface area contributed by atoms with E-state index in [1.165, 1.54) is 43.3 Å². The molecule has 0 spiro atoms. The van der Waals surface area contributed by atoms with Gasteiger partial charge in [0.2, 0.25) is 0 Å². The Kier molecular flexibility index (Phi) is 5.63. The second-order valence-electron chi connectivity index (χ2n) is 6.40. The Morgan fingerprint density at radius 2 is 1.57 bits per heavy atom. The topological polar surface area (TPSA) is 80.8 Å². The summed E-state index contributed by atoms with van der Waals surface area (Å²) in [4.78, 5) is 49.9. The molecule has 0 bridgehead atoms. The van der Waals surface area contributed by atoms with E-state index in [9.17, 15) is 23.6 Å². The Hall–Kier alpha value is -3.35. The first-order valence-electron chi connectivity index (χ1n) is 8.82. The van der Waals surface area contributed by atoms with Crippen molar-refractivity contribution in [2.75, 3.05) is 6.61 Å². The third-order valence-electron chi connectivity index (χ3n) is 4.51. The predicted octanol–water partition coefficient (Wildman–Crippen LogP) is 3.02. The first-order valence-corrected chi connectivity index (χ1v) is 8.82. The highest BCUT2D eigenvalue weighted by molar-refractivity contribution is 6.22. The smallest absolute Gasteiger partial charge is 0.329 e. The summed E-state index contributed by atoms with van der Waals surface area (Å²) in [5.41, 5.74) is 0.904. The van der Waals surface area contributed by atoms with Crippen LogP contribution in [0.1, 0.15) is 50.8 Å². The zero-order chi connectivity index (χ0) is 20.3. The molecule has 7 heteroatoms. The number of esters is 1. The van der Waals surface area contributed by atoms with Gasteiger partial charge in [0.15, 0.2) is 5.78 Å². The average molecular weight is 383 g/mol. The van der Waals surface area contributed by atoms with Crippen LogP contribution in [0.15, 0.2) is 48.5 Å². The minimum atomic E-state index is -1.07. The van der Waals surface area contributed by atoms with Crippen molar-refractivity contribution in [2.24, 2.45) is 0 Å². The van der Waals surface area contributed by atoms with Gasteiger partial charge in [0, 0.05) is 12.0 Å². The van der Waals surface area contributed by atoms with Gasteiger partial charge in [0.25, 0.3) is 11.8 Å². The van der Waals surface area contributed by atoms with Crippen LogP contribution in [0.4, 0.5) is 4.39 Å². The summed E-state index contributed by atoms with van der Waals surface area (Å²) in [7, 11) is 0. The number of rotatable bonds is 7. The van der Waals surface area contributed by atoms with Crippen LogP contribution < -0.4 is 0 Å². The summed E-state index contributed by atoms with van der Waals surface area (Å²) in [5.74, 6) is -2.39. The predicted molar refractivity (Wildman–Crippen MR) is 97.3 cm³/mol. The molecule has 1 aliphatic heterocycles. The molecule has 2 aromatic carbocycles. The van der Waals surface area contributed by atoms with Crippen LogP contribution in [-0.4, -0.2) is 41.1 Å². The highest BCUT2D eigenvalue weighted by Crippen LogP contribution is 2.24. The number of imide groups is 1. The van der Waals surface area contributed by atoms with E-state index in [4.69, 9.17) is 4.74 Å². The van der Waals surface area contributed by atoms with Gasteiger partial charge < -0.3 is 4.74 Å². The van der Waals surface area contributed by atoms with E-state index < -0.39 is 29.6 Å². The molecule has 0 unspecified atom stereocenters. The Labute approximate surface area is 160 Å². The highest BCUT2D eigenvalue weighted by atomic mass is 19.1. The number of hydrogen-bond donors (Lipinski definition) is 0. The number of carbonyl (C=O) groups excluding carboxylic acids is 4. The molecule has 0 aromatic heterocycles. The maximum absolute atomic E-state index is 12.9. The van der Waals surface area contributed by atoms with Gasteiger partial charge in [0.05, 0.1) is 17.7 Å². The Morgan fingerprint density at radius 1 is 1.00 bits per heavy atom. The summed E-state index contributed by atoms with van der Waals surface area (Å²) >= 11 is 0. The monoisotopic (exact) mass is 383 g/mol. The van der Waals surface area contributed by atoms with Gasteiger partial charge in [-0.3, -0.25) is 19.3 Å². The van der Waals surface area contributed by atoms with E-state index in [2.05, 4.69) is 0 Å². The number of halogens is 1. The number of benzene rings is 2. The van der Waals surface area contributed by atoms with Crippen LogP contribution in [0.2, 0.25) is 0 Å². The van der Waals surface area contributed by atoms with Gasteiger partial charge in [-0.2, -0.15) is 0 Å². The molecule has 0 aliphatic carbocycles. The van der Waals surface area contributed by atoms with Gasteiger partial charge >= 0.3 is 5.97 Å². The molecule has 0 radical (unpaired) electrons. The van der Waals surface area contributed by atoms with E-state index in [-0.39, 0.29) is 36.4 Å². The molecule has 0 saturated carbocycles. The molecule has 6 nitrogen and oxygen atoms in total. The number of amides is 2. The van der Waals surface area contributed by atoms with Crippen LogP contribution in [0.5, 0.6) is 0 Å². The van der Waals surface area contributed by atoms with Gasteiger partial charge in [-0.1, -0.05) is 12.1 Å². The third kappa shape index (κ3) is 3.83. The first kappa shape index (κ1) is 19.4. The molecule has 0 N–H and O–H groups in total. The van der Waals surface area contributed by atoms with E-state index in [0.29, 0.717) is 5.56 Å². The van der Waals surface area contributed by atoms with E-state index >= 15 is 0 Å². The number of ketones is 1. The van der Waals surface area contributed by atoms with E-state index in [1.54, 1.807) is 12.1 Å². The lowest BCUT2D eigenvalue weighted by molar-refractivity contribution is -0.147. The van der Waals surface area contributed by atoms with Crippen molar-refractivity contribution in [3.05, 3.63) is 71.0 Å². The van der Waals surface area contributed by atoms with Crippen molar-refractivity contribution in [2.45, 2.75) is 25.8 Å². The van der Waals surface area contributed by atoms with Crippen molar-refractivity contribution < 1.29 is 28.3 Å². The Bertz CT molecular complexity index is 903. The number of ether oxygens (including phenoxy) is 1. The summed E-state index contributed by atoms with van der Waals surface area (Å²) in [6.45, 7) is 1.40. The summed E-state index contributed by atoms with van der Waals surface area (Å²) in [5, 5.41) is 0. The largest absolute Gasteiger partial charge is 0.464 e. The summed E-state index contributed by atoms with van der Waals surface area (Å²) < 4.78 is 18.0. The minimum Gasteiger partial charge on any atom is -0.464 e. The minimum absolute atomic E-state index is 0.0285. The molecular weight excluding hydrogens is 365 g/mol. The fourth-order valence-corrected chi connectivity index (χ4v) is 2.97. The van der Waals surface area contributed by atoms with E-state index in [0.717, 1.165) is 4.90 Å². The average Bonchev–Trinajstić information content (AvgIpc) is 2.95. The van der Waals surface area contributed by atoms with Crippen LogP contribution >= 0.6 is 0 Å². The van der Waals surface area contributed by atoms with E-state index in [1.807, 2.05) is 0 Å². The second kappa shape index (κ2) is 8.12. The van der Waals surface area contributed by atoms with Gasteiger partial charge in [-0.15, -0.1) is 0 Å². The second-order valence-corrected chi connectivity index (χ2v) is 6.40. The molecule has 1 atom stereocenters. The molecule has 0 fully saturated rings. The lowest BCUT2D eigenvalue weighted by atomic mass is 10.1. The molecule has 0 saturated heterocycles. The van der Waals surface area contributed by atoms with Crippen molar-refractivity contribution in [1.29, 1.82) is 0 Å². The zero-order valence-corrected chi connectivity index (χ0v) is 15.2. The highest BCUT2D eigenvalue weighted by Gasteiger charge is 2.41. The van der Waals surface area contributed by atoms with Crippen molar-refractivity contribution >= 4 is 23.6 Å². The van der Waals surface area contributed by atoms with Gasteiger partial charge in [-0.05, 0) is 49.7 Å². The number of carbonyl (C=O) groups is 4. The molecule has 3 rings (SSSR count). The van der Waals surface area contributed by atoms with Crippen molar-refractivity contribution in [3.8, 4) is 0 Å². The maximum Gasteiger partial charge on any atom is 0.329 e. The number of nitrogens with zero attached hydrogens (tertiary/aromatic N) is 1. The number of hydrogen-bond acceptors (Lipinski definition) is 5. The van der Waals surface area contributed by atoms with Crippen LogP contribution in [0.25, 0.3) is 0 Å². The van der Waals surface area contributed by atoms with Gasteiger partial charge in [0.1, 0.15) is 11.9 Å². The molecule has 2 amide bonds. The molecule has 1 heterocycles. The fourth-order valence-electron chi connectivity index (χ4n) is 2.97. The number of fused-ring (bicyclic) bond motifs is 1. The quantitative estimate of drug-likeness (QED) is 0.318. The van der Waals surface area contributed by atoms with Crippen LogP contribution in [-0.2, 0) is 9.53 Å². The summed E-state index contributed by atoms with van der Waals surface area (Å²) in [6.07, 6.45) is 0.400.